The van der Waals surface area contributed by atoms with Crippen LogP contribution in [-0.4, -0.2) is 49.9 Å². The molecule has 1 aromatic carbocycles. The molecule has 1 saturated heterocycles. The number of thiophene rings is 1. The summed E-state index contributed by atoms with van der Waals surface area (Å²) in [5, 5.41) is -1.64. The van der Waals surface area contributed by atoms with E-state index in [4.69, 9.17) is 21.4 Å². The molecule has 0 spiro atoms. The normalized spacial score (nSPS) is 16.8. The van der Waals surface area contributed by atoms with Crippen molar-refractivity contribution in [1.29, 1.82) is 0 Å². The number of rotatable bonds is 5. The van der Waals surface area contributed by atoms with Gasteiger partial charge in [-0.05, 0) is 48.5 Å². The highest BCUT2D eigenvalue weighted by molar-refractivity contribution is 7.93. The minimum atomic E-state index is -3.92. The summed E-state index contributed by atoms with van der Waals surface area (Å²) in [6.07, 6.45) is 1.60. The minimum Gasteiger partial charge on any atom is -0.337 e. The molecule has 2 aromatic rings. The molecule has 0 unspecified atom stereocenters. The highest BCUT2D eigenvalue weighted by Crippen LogP contribution is 2.32. The lowest BCUT2D eigenvalue weighted by Gasteiger charge is -2.17. The molecule has 1 aromatic heterocycles. The molecule has 134 valence electrons. The molecule has 0 bridgehead atoms. The molecule has 1 aliphatic rings. The van der Waals surface area contributed by atoms with Crippen molar-refractivity contribution in [3.63, 3.8) is 0 Å². The van der Waals surface area contributed by atoms with Crippen molar-refractivity contribution in [2.45, 2.75) is 32.2 Å². The van der Waals surface area contributed by atoms with Gasteiger partial charge in [-0.3, -0.25) is 0 Å². The first-order valence-electron chi connectivity index (χ1n) is 7.85. The summed E-state index contributed by atoms with van der Waals surface area (Å²) in [6.45, 7) is 0.887. The molecule has 0 amide bonds. The van der Waals surface area contributed by atoms with Crippen molar-refractivity contribution in [2.75, 3.05) is 13.1 Å². The fraction of sp³-hybridized carbons (Fsp3) is 0.333. The highest BCUT2D eigenvalue weighted by atomic mass is 32.2. The van der Waals surface area contributed by atoms with Gasteiger partial charge in [0.2, 0.25) is 19.9 Å². The van der Waals surface area contributed by atoms with Gasteiger partial charge in [-0.1, -0.05) is 6.07 Å². The van der Waals surface area contributed by atoms with Crippen LogP contribution in [0.15, 0.2) is 50.4 Å². The predicted octanol–water partition coefficient (Wildman–Crippen LogP) is 0.771. The van der Waals surface area contributed by atoms with Crippen molar-refractivity contribution >= 4 is 46.9 Å². The molecule has 0 aliphatic carbocycles. The fourth-order valence-electron chi connectivity index (χ4n) is 2.69. The molecule has 0 saturated carbocycles. The molecule has 2 heterocycles. The van der Waals surface area contributed by atoms with Gasteiger partial charge in [-0.15, -0.1) is 11.3 Å². The zero-order valence-corrected chi connectivity index (χ0v) is 16.3. The summed E-state index contributed by atoms with van der Waals surface area (Å²) in [5.74, 6) is 0. The van der Waals surface area contributed by atoms with Crippen molar-refractivity contribution in [3.8, 4) is 0 Å². The Labute approximate surface area is 160 Å². The van der Waals surface area contributed by atoms with Crippen LogP contribution in [0.1, 0.15) is 17.7 Å². The van der Waals surface area contributed by atoms with Gasteiger partial charge in [0.1, 0.15) is 4.21 Å². The van der Waals surface area contributed by atoms with Crippen LogP contribution in [0.4, 0.5) is 0 Å². The Morgan fingerprint density at radius 3 is 2.19 bits per heavy atom. The van der Waals surface area contributed by atoms with Crippen molar-refractivity contribution in [1.82, 2.24) is 4.31 Å². The summed E-state index contributed by atoms with van der Waals surface area (Å²) in [5.41, 5.74) is 5.59. The quantitative estimate of drug-likeness (QED) is 0.741. The first-order chi connectivity index (χ1) is 12.0. The van der Waals surface area contributed by atoms with Crippen LogP contribution < -0.4 is 5.73 Å². The number of sulfone groups is 1. The second-order valence-electron chi connectivity index (χ2n) is 6.14. The molecule has 3 rings (SSSR count). The van der Waals surface area contributed by atoms with Gasteiger partial charge in [0.05, 0.1) is 25.5 Å². The van der Waals surface area contributed by atoms with Crippen LogP contribution >= 0.6 is 11.3 Å². The average Bonchev–Trinajstić information content (AvgIpc) is 3.26. The molecule has 2 N–H and O–H groups in total. The molecule has 0 atom stereocenters. The van der Waals surface area contributed by atoms with Gasteiger partial charge >= 0.3 is 0 Å². The van der Waals surface area contributed by atoms with Crippen molar-refractivity contribution < 1.29 is 16.8 Å². The largest absolute Gasteiger partial charge is 0.337 e. The Balaban J connectivity index is 2.00. The van der Waals surface area contributed by atoms with Gasteiger partial charge in [0.25, 0.3) is 0 Å². The Morgan fingerprint density at radius 2 is 1.62 bits per heavy atom. The SMILES string of the molecule is [B]C([B])(N)c1ccc(S(=O)(=O)c2cccc(S(=O)(=O)N3CCCC3)c2)s1. The standard InChI is InChI=1S/C15H16B2N2O4S3/c16-15(17,18)13-6-7-14(24-13)25(20,21)11-4-3-5-12(10-11)26(22,23)19-8-1-2-9-19/h3-7,10H,1-2,8-9,18H2. The van der Waals surface area contributed by atoms with Gasteiger partial charge in [0, 0.05) is 18.0 Å². The lowest BCUT2D eigenvalue weighted by Crippen LogP contribution is -2.36. The zero-order chi connectivity index (χ0) is 19.2. The summed E-state index contributed by atoms with van der Waals surface area (Å²) in [6, 6.07) is 8.17. The van der Waals surface area contributed by atoms with E-state index in [0.717, 1.165) is 24.2 Å². The van der Waals surface area contributed by atoms with Crippen molar-refractivity contribution in [2.24, 2.45) is 5.73 Å². The van der Waals surface area contributed by atoms with Crippen LogP contribution in [0.5, 0.6) is 0 Å². The van der Waals surface area contributed by atoms with E-state index >= 15 is 0 Å². The summed E-state index contributed by atoms with van der Waals surface area (Å²) >= 11 is 0.857. The van der Waals surface area contributed by atoms with Gasteiger partial charge in [0.15, 0.2) is 0 Å². The number of nitrogens with two attached hydrogens (primary N) is 1. The molecule has 1 fully saturated rings. The molecule has 26 heavy (non-hydrogen) atoms. The lowest BCUT2D eigenvalue weighted by molar-refractivity contribution is 0.477. The lowest BCUT2D eigenvalue weighted by atomic mass is 9.62. The second-order valence-corrected chi connectivity index (χ2v) is 11.3. The van der Waals surface area contributed by atoms with E-state index in [-0.39, 0.29) is 14.0 Å². The number of hydrogen-bond donors (Lipinski definition) is 1. The average molecular weight is 406 g/mol. The maximum atomic E-state index is 12.9. The van der Waals surface area contributed by atoms with Gasteiger partial charge < -0.3 is 5.73 Å². The number of hydrogen-bond acceptors (Lipinski definition) is 6. The van der Waals surface area contributed by atoms with E-state index in [2.05, 4.69) is 0 Å². The van der Waals surface area contributed by atoms with Crippen LogP contribution in [0.2, 0.25) is 0 Å². The highest BCUT2D eigenvalue weighted by Gasteiger charge is 2.29. The first-order valence-corrected chi connectivity index (χ1v) is 11.6. The smallest absolute Gasteiger partial charge is 0.243 e. The van der Waals surface area contributed by atoms with Crippen molar-refractivity contribution in [3.05, 3.63) is 41.3 Å². The molecule has 6 nitrogen and oxygen atoms in total. The predicted molar refractivity (Wildman–Crippen MR) is 102 cm³/mol. The van der Waals surface area contributed by atoms with E-state index in [1.165, 1.54) is 40.7 Å². The summed E-state index contributed by atoms with van der Waals surface area (Å²) in [4.78, 5) is 0.155. The molecule has 11 heteroatoms. The Hall–Kier alpha value is -1.13. The Bertz CT molecular complexity index is 1020. The van der Waals surface area contributed by atoms with E-state index in [0.29, 0.717) is 18.0 Å². The third kappa shape index (κ3) is 3.63. The molecule has 1 aliphatic heterocycles. The summed E-state index contributed by atoms with van der Waals surface area (Å²) < 4.78 is 52.4. The van der Waals surface area contributed by atoms with Crippen LogP contribution in [0.25, 0.3) is 0 Å². The maximum Gasteiger partial charge on any atom is 0.243 e. The monoisotopic (exact) mass is 406 g/mol. The molecule has 4 radical (unpaired) electrons. The Kier molecular flexibility index (Phi) is 5.13. The maximum absolute atomic E-state index is 12.9. The van der Waals surface area contributed by atoms with E-state index in [9.17, 15) is 16.8 Å². The van der Waals surface area contributed by atoms with E-state index < -0.39 is 25.2 Å². The second kappa shape index (κ2) is 6.79. The number of benzene rings is 1. The Morgan fingerprint density at radius 1 is 1.00 bits per heavy atom. The molecular formula is C15H16B2N2O4S3. The topological polar surface area (TPSA) is 97.5 Å². The third-order valence-corrected chi connectivity index (χ3v) is 9.48. The van der Waals surface area contributed by atoms with Crippen LogP contribution in [0, 0.1) is 0 Å². The fourth-order valence-corrected chi connectivity index (χ4v) is 7.01. The minimum absolute atomic E-state index is 0.00561. The number of sulfonamides is 1. The van der Waals surface area contributed by atoms with E-state index in [1.807, 2.05) is 0 Å². The zero-order valence-electron chi connectivity index (χ0n) is 13.8. The number of nitrogens with zero attached hydrogens (tertiary/aromatic N) is 1. The van der Waals surface area contributed by atoms with Crippen LogP contribution in [-0.2, 0) is 25.2 Å². The third-order valence-electron chi connectivity index (χ3n) is 4.09. The van der Waals surface area contributed by atoms with Crippen LogP contribution in [0.3, 0.4) is 0 Å². The first kappa shape index (κ1) is 19.6. The van der Waals surface area contributed by atoms with Gasteiger partial charge in [-0.25, -0.2) is 16.8 Å². The molecular weight excluding hydrogens is 390 g/mol. The van der Waals surface area contributed by atoms with Gasteiger partial charge in [-0.2, -0.15) is 4.31 Å². The van der Waals surface area contributed by atoms with E-state index in [1.54, 1.807) is 0 Å². The summed E-state index contributed by atoms with van der Waals surface area (Å²) in [7, 11) is 3.55.